The fourth-order valence-corrected chi connectivity index (χ4v) is 2.25. The summed E-state index contributed by atoms with van der Waals surface area (Å²) in [5, 5.41) is 14.2. The molecule has 0 aliphatic rings. The zero-order chi connectivity index (χ0) is 13.2. The first-order valence-electron chi connectivity index (χ1n) is 5.71. The number of H-pyrrole nitrogens is 1. The van der Waals surface area contributed by atoms with Gasteiger partial charge in [-0.05, 0) is 41.5 Å². The molecule has 0 atom stereocenters. The molecule has 0 bridgehead atoms. The molecule has 1 aromatic carbocycles. The Bertz CT molecular complexity index is 692. The van der Waals surface area contributed by atoms with Gasteiger partial charge in [-0.1, -0.05) is 28.1 Å². The van der Waals surface area contributed by atoms with Gasteiger partial charge in [-0.2, -0.15) is 5.21 Å². The average Bonchev–Trinajstić information content (AvgIpc) is 2.93. The van der Waals surface area contributed by atoms with Crippen molar-refractivity contribution in [1.29, 1.82) is 0 Å². The summed E-state index contributed by atoms with van der Waals surface area (Å²) in [6.07, 6.45) is 1.79. The highest BCUT2D eigenvalue weighted by Gasteiger charge is 2.14. The van der Waals surface area contributed by atoms with E-state index in [-0.39, 0.29) is 0 Å². The molecule has 0 radical (unpaired) electrons. The number of benzene rings is 1. The van der Waals surface area contributed by atoms with Crippen molar-refractivity contribution < 1.29 is 0 Å². The van der Waals surface area contributed by atoms with Gasteiger partial charge in [0.1, 0.15) is 0 Å². The van der Waals surface area contributed by atoms with Gasteiger partial charge in [0.15, 0.2) is 0 Å². The number of hydrogen-bond donors (Lipinski definition) is 1. The van der Waals surface area contributed by atoms with Crippen LogP contribution in [-0.2, 0) is 0 Å². The van der Waals surface area contributed by atoms with Crippen LogP contribution in [0.5, 0.6) is 0 Å². The maximum Gasteiger partial charge on any atom is 0.207 e. The third-order valence-electron chi connectivity index (χ3n) is 2.86. The molecule has 0 saturated heterocycles. The van der Waals surface area contributed by atoms with Crippen molar-refractivity contribution in [2.75, 3.05) is 0 Å². The van der Waals surface area contributed by atoms with Gasteiger partial charge in [0.25, 0.3) is 0 Å². The Morgan fingerprint density at radius 3 is 2.58 bits per heavy atom. The molecule has 0 spiro atoms. The quantitative estimate of drug-likeness (QED) is 0.789. The van der Waals surface area contributed by atoms with E-state index in [1.54, 1.807) is 6.20 Å². The summed E-state index contributed by atoms with van der Waals surface area (Å²) in [5.41, 5.74) is 3.91. The zero-order valence-electron chi connectivity index (χ0n) is 10.1. The lowest BCUT2D eigenvalue weighted by molar-refractivity contribution is 0.881. The minimum atomic E-state index is 0.559. The highest BCUT2D eigenvalue weighted by molar-refractivity contribution is 9.10. The van der Waals surface area contributed by atoms with Crippen molar-refractivity contribution in [1.82, 2.24) is 25.6 Å². The summed E-state index contributed by atoms with van der Waals surface area (Å²) in [6, 6.07) is 10.1. The maximum atomic E-state index is 4.31. The van der Waals surface area contributed by atoms with E-state index in [9.17, 15) is 0 Å². The lowest BCUT2D eigenvalue weighted by Gasteiger charge is -2.09. The van der Waals surface area contributed by atoms with Crippen LogP contribution in [0.3, 0.4) is 0 Å². The number of aromatic nitrogens is 5. The molecule has 1 N–H and O–H groups in total. The SMILES string of the molecule is Cc1nccc(-c2ccc(Br)cc2)c1-c1nn[nH]n1. The van der Waals surface area contributed by atoms with E-state index < -0.39 is 0 Å². The molecule has 0 amide bonds. The largest absolute Gasteiger partial charge is 0.261 e. The van der Waals surface area contributed by atoms with Gasteiger partial charge < -0.3 is 0 Å². The van der Waals surface area contributed by atoms with Crippen molar-refractivity contribution in [2.45, 2.75) is 6.92 Å². The summed E-state index contributed by atoms with van der Waals surface area (Å²) in [6.45, 7) is 1.94. The molecule has 2 heterocycles. The summed E-state index contributed by atoms with van der Waals surface area (Å²) in [5.74, 6) is 0.559. The van der Waals surface area contributed by atoms with Crippen molar-refractivity contribution in [3.63, 3.8) is 0 Å². The Kier molecular flexibility index (Phi) is 3.08. The Balaban J connectivity index is 2.22. The van der Waals surface area contributed by atoms with Crippen LogP contribution in [0, 0.1) is 6.92 Å². The number of hydrogen-bond acceptors (Lipinski definition) is 4. The van der Waals surface area contributed by atoms with Crippen LogP contribution < -0.4 is 0 Å². The Morgan fingerprint density at radius 2 is 1.89 bits per heavy atom. The second-order valence-electron chi connectivity index (χ2n) is 4.06. The molecule has 0 saturated carbocycles. The summed E-state index contributed by atoms with van der Waals surface area (Å²) < 4.78 is 1.04. The fraction of sp³-hybridized carbons (Fsp3) is 0.0769. The number of aromatic amines is 1. The number of nitrogens with one attached hydrogen (secondary N) is 1. The molecular formula is C13H10BrN5. The number of rotatable bonds is 2. The van der Waals surface area contributed by atoms with Crippen molar-refractivity contribution >= 4 is 15.9 Å². The Hall–Kier alpha value is -2.08. The smallest absolute Gasteiger partial charge is 0.207 e. The van der Waals surface area contributed by atoms with Crippen LogP contribution in [0.15, 0.2) is 41.0 Å². The van der Waals surface area contributed by atoms with E-state index in [1.165, 1.54) is 0 Å². The van der Waals surface area contributed by atoms with Crippen molar-refractivity contribution in [3.8, 4) is 22.5 Å². The highest BCUT2D eigenvalue weighted by Crippen LogP contribution is 2.31. The van der Waals surface area contributed by atoms with Gasteiger partial charge in [0, 0.05) is 16.4 Å². The molecule has 3 rings (SSSR count). The minimum Gasteiger partial charge on any atom is -0.261 e. The number of nitrogens with zero attached hydrogens (tertiary/aromatic N) is 4. The molecule has 6 heteroatoms. The molecule has 0 aliphatic carbocycles. The van der Waals surface area contributed by atoms with Gasteiger partial charge in [-0.15, -0.1) is 10.2 Å². The standard InChI is InChI=1S/C13H10BrN5/c1-8-12(13-16-18-19-17-13)11(6-7-15-8)9-2-4-10(14)5-3-9/h2-7H,1H3,(H,16,17,18,19). The topological polar surface area (TPSA) is 67.3 Å². The van der Waals surface area contributed by atoms with E-state index in [4.69, 9.17) is 0 Å². The molecule has 0 unspecified atom stereocenters. The lowest BCUT2D eigenvalue weighted by Crippen LogP contribution is -1.93. The van der Waals surface area contributed by atoms with Crippen LogP contribution in [-0.4, -0.2) is 25.6 Å². The monoisotopic (exact) mass is 315 g/mol. The molecule has 0 fully saturated rings. The van der Waals surface area contributed by atoms with Gasteiger partial charge in [-0.3, -0.25) is 4.98 Å². The second kappa shape index (κ2) is 4.89. The molecule has 94 valence electrons. The van der Waals surface area contributed by atoms with Crippen molar-refractivity contribution in [2.24, 2.45) is 0 Å². The Morgan fingerprint density at radius 1 is 1.11 bits per heavy atom. The molecule has 2 aromatic heterocycles. The fourth-order valence-electron chi connectivity index (χ4n) is 1.99. The van der Waals surface area contributed by atoms with Gasteiger partial charge >= 0.3 is 0 Å². The van der Waals surface area contributed by atoms with Crippen LogP contribution in [0.1, 0.15) is 5.69 Å². The molecule has 5 nitrogen and oxygen atoms in total. The molecule has 0 aliphatic heterocycles. The van der Waals surface area contributed by atoms with E-state index in [0.29, 0.717) is 5.82 Å². The lowest BCUT2D eigenvalue weighted by atomic mass is 9.99. The van der Waals surface area contributed by atoms with Crippen LogP contribution in [0.4, 0.5) is 0 Å². The molecular weight excluding hydrogens is 306 g/mol. The number of pyridine rings is 1. The third kappa shape index (κ3) is 2.26. The molecule has 19 heavy (non-hydrogen) atoms. The van der Waals surface area contributed by atoms with Gasteiger partial charge in [0.05, 0.1) is 5.56 Å². The number of tetrazole rings is 1. The first-order valence-corrected chi connectivity index (χ1v) is 6.50. The summed E-state index contributed by atoms with van der Waals surface area (Å²) in [7, 11) is 0. The minimum absolute atomic E-state index is 0.559. The van der Waals surface area contributed by atoms with Gasteiger partial charge in [0.2, 0.25) is 5.82 Å². The predicted octanol–water partition coefficient (Wildman–Crippen LogP) is 3.00. The predicted molar refractivity (Wildman–Crippen MR) is 75.3 cm³/mol. The first-order chi connectivity index (χ1) is 9.25. The Labute approximate surface area is 118 Å². The normalized spacial score (nSPS) is 10.6. The van der Waals surface area contributed by atoms with Crippen LogP contribution >= 0.6 is 15.9 Å². The zero-order valence-corrected chi connectivity index (χ0v) is 11.7. The van der Waals surface area contributed by atoms with Gasteiger partial charge in [-0.25, -0.2) is 0 Å². The van der Waals surface area contributed by atoms with E-state index in [2.05, 4.69) is 41.5 Å². The number of aryl methyl sites for hydroxylation is 1. The summed E-state index contributed by atoms with van der Waals surface area (Å²) >= 11 is 3.44. The average molecular weight is 316 g/mol. The molecule has 3 aromatic rings. The van der Waals surface area contributed by atoms with E-state index in [0.717, 1.165) is 26.9 Å². The maximum absolute atomic E-state index is 4.31. The third-order valence-corrected chi connectivity index (χ3v) is 3.39. The summed E-state index contributed by atoms with van der Waals surface area (Å²) in [4.78, 5) is 4.31. The van der Waals surface area contributed by atoms with Crippen LogP contribution in [0.2, 0.25) is 0 Å². The number of halogens is 1. The highest BCUT2D eigenvalue weighted by atomic mass is 79.9. The first kappa shape index (κ1) is 12.0. The van der Waals surface area contributed by atoms with Crippen LogP contribution in [0.25, 0.3) is 22.5 Å². The van der Waals surface area contributed by atoms with Crippen molar-refractivity contribution in [3.05, 3.63) is 46.7 Å². The second-order valence-corrected chi connectivity index (χ2v) is 4.98. The van der Waals surface area contributed by atoms with E-state index in [1.807, 2.05) is 37.3 Å². The van der Waals surface area contributed by atoms with E-state index >= 15 is 0 Å².